The molecule has 90 valence electrons. The van der Waals surface area contributed by atoms with Crippen molar-refractivity contribution in [2.75, 3.05) is 13.1 Å². The molecule has 0 radical (unpaired) electrons. The van der Waals surface area contributed by atoms with E-state index in [1.165, 1.54) is 11.3 Å². The molecule has 16 heavy (non-hydrogen) atoms. The Kier molecular flexibility index (Phi) is 6.34. The van der Waals surface area contributed by atoms with Gasteiger partial charge in [-0.25, -0.2) is 0 Å². The van der Waals surface area contributed by atoms with Crippen LogP contribution in [-0.4, -0.2) is 19.0 Å². The molecule has 0 aliphatic rings. The van der Waals surface area contributed by atoms with Crippen molar-refractivity contribution in [1.82, 2.24) is 10.6 Å². The van der Waals surface area contributed by atoms with Crippen molar-refractivity contribution in [2.24, 2.45) is 0 Å². The molecule has 0 aliphatic carbocycles. The van der Waals surface area contributed by atoms with E-state index in [9.17, 15) is 4.79 Å². The van der Waals surface area contributed by atoms with Gasteiger partial charge in [-0.1, -0.05) is 11.6 Å². The summed E-state index contributed by atoms with van der Waals surface area (Å²) in [6.07, 6.45) is 0.508. The Labute approximate surface area is 113 Å². The van der Waals surface area contributed by atoms with E-state index in [0.717, 1.165) is 20.2 Å². The Balaban J connectivity index is 2.18. The van der Waals surface area contributed by atoms with Crippen LogP contribution < -0.4 is 10.6 Å². The van der Waals surface area contributed by atoms with Crippen molar-refractivity contribution in [3.8, 4) is 0 Å². The smallest absolute Gasteiger partial charge is 0.221 e. The van der Waals surface area contributed by atoms with Crippen LogP contribution in [0.3, 0.4) is 0 Å². The van der Waals surface area contributed by atoms with E-state index >= 15 is 0 Å². The molecule has 6 heteroatoms. The number of halogens is 2. The predicted octanol–water partition coefficient (Wildman–Crippen LogP) is 2.78. The molecule has 3 nitrogen and oxygen atoms in total. The number of hydrogen-bond donors (Lipinski definition) is 2. The molecule has 0 aliphatic heterocycles. The van der Waals surface area contributed by atoms with E-state index in [4.69, 9.17) is 11.6 Å². The summed E-state index contributed by atoms with van der Waals surface area (Å²) in [5.74, 6) is 0.0837. The lowest BCUT2D eigenvalue weighted by atomic mass is 10.4. The molecule has 0 spiro atoms. The van der Waals surface area contributed by atoms with E-state index < -0.39 is 0 Å². The maximum Gasteiger partial charge on any atom is 0.221 e. The van der Waals surface area contributed by atoms with Gasteiger partial charge in [0.1, 0.15) is 4.34 Å². The molecule has 0 fully saturated rings. The van der Waals surface area contributed by atoms with E-state index in [1.54, 1.807) is 0 Å². The van der Waals surface area contributed by atoms with E-state index in [2.05, 4.69) is 26.6 Å². The molecule has 0 aromatic carbocycles. The minimum absolute atomic E-state index is 0.0837. The minimum atomic E-state index is 0.0837. The fourth-order valence-corrected chi connectivity index (χ4v) is 2.94. The van der Waals surface area contributed by atoms with Crippen LogP contribution in [0.15, 0.2) is 10.5 Å². The standard InChI is InChI=1S/C10H14BrClN2OS/c1-2-14-9(15)3-4-13-6-7-5-8(11)10(12)16-7/h5,13H,2-4,6H2,1H3,(H,14,15). The summed E-state index contributed by atoms with van der Waals surface area (Å²) in [6.45, 7) is 4.02. The normalized spacial score (nSPS) is 10.4. The number of nitrogens with one attached hydrogen (secondary N) is 2. The number of hydrogen-bond acceptors (Lipinski definition) is 3. The molecule has 0 saturated heterocycles. The Hall–Kier alpha value is -0.100. The Morgan fingerprint density at radius 1 is 1.62 bits per heavy atom. The quantitative estimate of drug-likeness (QED) is 0.790. The van der Waals surface area contributed by atoms with Gasteiger partial charge in [0, 0.05) is 35.4 Å². The van der Waals surface area contributed by atoms with Crippen molar-refractivity contribution < 1.29 is 4.79 Å². The SMILES string of the molecule is CCNC(=O)CCNCc1cc(Br)c(Cl)s1. The summed E-state index contributed by atoms with van der Waals surface area (Å²) in [5, 5.41) is 5.95. The third kappa shape index (κ3) is 4.82. The van der Waals surface area contributed by atoms with Crippen LogP contribution in [-0.2, 0) is 11.3 Å². The molecule has 1 rings (SSSR count). The lowest BCUT2D eigenvalue weighted by Crippen LogP contribution is -2.27. The number of amides is 1. The largest absolute Gasteiger partial charge is 0.356 e. The van der Waals surface area contributed by atoms with E-state index in [0.29, 0.717) is 19.5 Å². The average molecular weight is 326 g/mol. The Bertz CT molecular complexity index is 337. The summed E-state index contributed by atoms with van der Waals surface area (Å²) in [6, 6.07) is 1.99. The summed E-state index contributed by atoms with van der Waals surface area (Å²) in [5.41, 5.74) is 0. The van der Waals surface area contributed by atoms with Crippen LogP contribution in [0.1, 0.15) is 18.2 Å². The maximum atomic E-state index is 11.1. The summed E-state index contributed by atoms with van der Waals surface area (Å²) >= 11 is 10.8. The fraction of sp³-hybridized carbons (Fsp3) is 0.500. The van der Waals surface area contributed by atoms with Crippen LogP contribution in [0.25, 0.3) is 0 Å². The predicted molar refractivity (Wildman–Crippen MR) is 72.0 cm³/mol. The third-order valence-electron chi connectivity index (χ3n) is 1.90. The third-order valence-corrected chi connectivity index (χ3v) is 4.37. The van der Waals surface area contributed by atoms with Crippen molar-refractivity contribution >= 4 is 44.8 Å². The molecule has 0 atom stereocenters. The van der Waals surface area contributed by atoms with Gasteiger partial charge >= 0.3 is 0 Å². The molecule has 1 heterocycles. The molecule has 1 amide bonds. The summed E-state index contributed by atoms with van der Waals surface area (Å²) in [4.78, 5) is 12.3. The second-order valence-electron chi connectivity index (χ2n) is 3.21. The van der Waals surface area contributed by atoms with E-state index in [1.807, 2.05) is 13.0 Å². The van der Waals surface area contributed by atoms with Gasteiger partial charge in [-0.3, -0.25) is 4.79 Å². The number of carbonyl (C=O) groups excluding carboxylic acids is 1. The molecule has 1 aromatic heterocycles. The van der Waals surface area contributed by atoms with Crippen LogP contribution in [0.4, 0.5) is 0 Å². The molecule has 0 saturated carbocycles. The summed E-state index contributed by atoms with van der Waals surface area (Å²) in [7, 11) is 0. The molecular formula is C10H14BrClN2OS. The number of carbonyl (C=O) groups is 1. The Morgan fingerprint density at radius 2 is 2.38 bits per heavy atom. The fourth-order valence-electron chi connectivity index (χ4n) is 1.18. The highest BCUT2D eigenvalue weighted by molar-refractivity contribution is 9.10. The highest BCUT2D eigenvalue weighted by atomic mass is 79.9. The second kappa shape index (κ2) is 7.27. The van der Waals surface area contributed by atoms with Crippen molar-refractivity contribution in [1.29, 1.82) is 0 Å². The van der Waals surface area contributed by atoms with Gasteiger partial charge < -0.3 is 10.6 Å². The lowest BCUT2D eigenvalue weighted by Gasteiger charge is -2.03. The molecule has 0 bridgehead atoms. The van der Waals surface area contributed by atoms with Gasteiger partial charge in [0.15, 0.2) is 0 Å². The van der Waals surface area contributed by atoms with Crippen LogP contribution >= 0.6 is 38.9 Å². The molecule has 1 aromatic rings. The molecular weight excluding hydrogens is 312 g/mol. The first-order valence-electron chi connectivity index (χ1n) is 5.04. The van der Waals surface area contributed by atoms with Crippen LogP contribution in [0.5, 0.6) is 0 Å². The van der Waals surface area contributed by atoms with Crippen molar-refractivity contribution in [3.05, 3.63) is 19.8 Å². The van der Waals surface area contributed by atoms with Gasteiger partial charge in [0.2, 0.25) is 5.91 Å². The second-order valence-corrected chi connectivity index (χ2v) is 5.81. The van der Waals surface area contributed by atoms with Gasteiger partial charge in [0.25, 0.3) is 0 Å². The molecule has 0 unspecified atom stereocenters. The van der Waals surface area contributed by atoms with Crippen LogP contribution in [0, 0.1) is 0 Å². The van der Waals surface area contributed by atoms with Gasteiger partial charge in [-0.15, -0.1) is 11.3 Å². The zero-order valence-corrected chi connectivity index (χ0v) is 12.1. The minimum Gasteiger partial charge on any atom is -0.356 e. The molecule has 2 N–H and O–H groups in total. The number of rotatable bonds is 6. The lowest BCUT2D eigenvalue weighted by molar-refractivity contribution is -0.120. The first-order valence-corrected chi connectivity index (χ1v) is 7.03. The number of thiophene rings is 1. The average Bonchev–Trinajstić information content (AvgIpc) is 2.54. The van der Waals surface area contributed by atoms with Gasteiger partial charge in [-0.05, 0) is 28.9 Å². The highest BCUT2D eigenvalue weighted by Gasteiger charge is 2.04. The monoisotopic (exact) mass is 324 g/mol. The first kappa shape index (κ1) is 14.0. The first-order chi connectivity index (χ1) is 7.63. The van der Waals surface area contributed by atoms with E-state index in [-0.39, 0.29) is 5.91 Å². The zero-order valence-electron chi connectivity index (χ0n) is 8.98. The Morgan fingerprint density at radius 3 is 2.94 bits per heavy atom. The topological polar surface area (TPSA) is 41.1 Å². The zero-order chi connectivity index (χ0) is 12.0. The highest BCUT2D eigenvalue weighted by Crippen LogP contribution is 2.31. The van der Waals surface area contributed by atoms with Crippen molar-refractivity contribution in [3.63, 3.8) is 0 Å². The van der Waals surface area contributed by atoms with Gasteiger partial charge in [0.05, 0.1) is 0 Å². The van der Waals surface area contributed by atoms with Crippen LogP contribution in [0.2, 0.25) is 4.34 Å². The summed E-state index contributed by atoms with van der Waals surface area (Å²) < 4.78 is 1.69. The van der Waals surface area contributed by atoms with Crippen molar-refractivity contribution in [2.45, 2.75) is 19.9 Å². The maximum absolute atomic E-state index is 11.1. The van der Waals surface area contributed by atoms with Gasteiger partial charge in [-0.2, -0.15) is 0 Å².